The van der Waals surface area contributed by atoms with E-state index in [4.69, 9.17) is 9.47 Å². The van der Waals surface area contributed by atoms with Gasteiger partial charge in [-0.25, -0.2) is 12.7 Å². The fraction of sp³-hybridized carbons (Fsp3) is 0.500. The van der Waals surface area contributed by atoms with Crippen LogP contribution in [0.2, 0.25) is 0 Å². The van der Waals surface area contributed by atoms with Crippen molar-refractivity contribution in [3.05, 3.63) is 18.2 Å². The lowest BCUT2D eigenvalue weighted by Crippen LogP contribution is -2.28. The Kier molecular flexibility index (Phi) is 6.02. The molecule has 1 aliphatic carbocycles. The highest BCUT2D eigenvalue weighted by Gasteiger charge is 2.27. The molecular weight excluding hydrogens is 348 g/mol. The number of methoxy groups -OCH3 is 1. The fourth-order valence-electron chi connectivity index (χ4n) is 2.25. The Hall–Kier alpha value is -2.13. The van der Waals surface area contributed by atoms with Gasteiger partial charge in [0.15, 0.2) is 6.61 Å². The topological polar surface area (TPSA) is 102 Å². The van der Waals surface area contributed by atoms with E-state index in [1.54, 1.807) is 0 Å². The van der Waals surface area contributed by atoms with Crippen molar-refractivity contribution in [3.63, 3.8) is 0 Å². The number of sulfonamides is 1. The number of ether oxygens (including phenoxy) is 2. The molecule has 1 aromatic rings. The van der Waals surface area contributed by atoms with E-state index in [0.717, 1.165) is 23.6 Å². The van der Waals surface area contributed by atoms with Crippen molar-refractivity contribution in [2.45, 2.75) is 24.2 Å². The molecule has 0 radical (unpaired) electrons. The van der Waals surface area contributed by atoms with Gasteiger partial charge in [-0.1, -0.05) is 6.42 Å². The maximum Gasteiger partial charge on any atom is 0.309 e. The van der Waals surface area contributed by atoms with Crippen molar-refractivity contribution < 1.29 is 27.5 Å². The lowest BCUT2D eigenvalue weighted by Gasteiger charge is -2.22. The molecule has 2 rings (SSSR count). The predicted octanol–water partition coefficient (Wildman–Crippen LogP) is 1.23. The van der Waals surface area contributed by atoms with Crippen molar-refractivity contribution >= 4 is 27.6 Å². The number of nitrogens with one attached hydrogen (secondary N) is 1. The van der Waals surface area contributed by atoms with Crippen molar-refractivity contribution in [1.29, 1.82) is 0 Å². The Morgan fingerprint density at radius 1 is 1.28 bits per heavy atom. The van der Waals surface area contributed by atoms with E-state index in [2.05, 4.69) is 5.32 Å². The molecule has 1 aromatic carbocycles. The number of hydrogen-bond acceptors (Lipinski definition) is 6. The van der Waals surface area contributed by atoms with Gasteiger partial charge in [0.2, 0.25) is 10.0 Å². The predicted molar refractivity (Wildman–Crippen MR) is 90.8 cm³/mol. The lowest BCUT2D eigenvalue weighted by molar-refractivity contribution is -0.154. The van der Waals surface area contributed by atoms with Crippen LogP contribution in [0.3, 0.4) is 0 Å². The van der Waals surface area contributed by atoms with Crippen LogP contribution in [-0.2, 0) is 24.3 Å². The Morgan fingerprint density at radius 3 is 2.48 bits per heavy atom. The molecule has 1 fully saturated rings. The first kappa shape index (κ1) is 19.2. The average molecular weight is 370 g/mol. The molecule has 1 N–H and O–H groups in total. The fourth-order valence-corrected chi connectivity index (χ4v) is 3.32. The third-order valence-corrected chi connectivity index (χ3v) is 5.83. The van der Waals surface area contributed by atoms with Crippen LogP contribution in [0.5, 0.6) is 5.75 Å². The van der Waals surface area contributed by atoms with Gasteiger partial charge in [0.25, 0.3) is 5.91 Å². The monoisotopic (exact) mass is 370 g/mol. The van der Waals surface area contributed by atoms with Crippen LogP contribution in [0.15, 0.2) is 23.1 Å². The summed E-state index contributed by atoms with van der Waals surface area (Å²) in [5.74, 6) is -0.841. The van der Waals surface area contributed by atoms with Gasteiger partial charge in [0, 0.05) is 19.8 Å². The summed E-state index contributed by atoms with van der Waals surface area (Å²) < 4.78 is 35.8. The first-order valence-corrected chi connectivity index (χ1v) is 9.26. The molecule has 1 amide bonds. The normalized spacial score (nSPS) is 14.7. The highest BCUT2D eigenvalue weighted by Crippen LogP contribution is 2.29. The van der Waals surface area contributed by atoms with Crippen molar-refractivity contribution in [1.82, 2.24) is 4.31 Å². The number of carbonyl (C=O) groups is 2. The lowest BCUT2D eigenvalue weighted by atomic mass is 9.86. The molecule has 25 heavy (non-hydrogen) atoms. The largest absolute Gasteiger partial charge is 0.495 e. The van der Waals surface area contributed by atoms with Crippen LogP contribution in [-0.4, -0.2) is 52.4 Å². The SMILES string of the molecule is COc1ccc(NC(=O)COC(=O)C2CCC2)cc1S(=O)(=O)N(C)C. The van der Waals surface area contributed by atoms with Crippen LogP contribution < -0.4 is 10.1 Å². The number of nitrogens with zero attached hydrogens (tertiary/aromatic N) is 1. The molecule has 0 heterocycles. The molecule has 0 unspecified atom stereocenters. The number of hydrogen-bond donors (Lipinski definition) is 1. The molecule has 0 bridgehead atoms. The minimum atomic E-state index is -3.74. The highest BCUT2D eigenvalue weighted by atomic mass is 32.2. The van der Waals surface area contributed by atoms with Crippen LogP contribution in [0.25, 0.3) is 0 Å². The molecule has 0 aliphatic heterocycles. The molecule has 0 atom stereocenters. The number of benzene rings is 1. The van der Waals surface area contributed by atoms with Crippen LogP contribution in [0, 0.1) is 5.92 Å². The van der Waals surface area contributed by atoms with Crippen molar-refractivity contribution in [3.8, 4) is 5.75 Å². The number of esters is 1. The van der Waals surface area contributed by atoms with Gasteiger partial charge in [0.1, 0.15) is 10.6 Å². The van der Waals surface area contributed by atoms with Gasteiger partial charge >= 0.3 is 5.97 Å². The zero-order chi connectivity index (χ0) is 18.6. The van der Waals surface area contributed by atoms with Gasteiger partial charge < -0.3 is 14.8 Å². The van der Waals surface area contributed by atoms with Gasteiger partial charge in [0.05, 0.1) is 13.0 Å². The first-order valence-electron chi connectivity index (χ1n) is 7.82. The Balaban J connectivity index is 2.06. The van der Waals surface area contributed by atoms with Crippen molar-refractivity contribution in [2.75, 3.05) is 33.1 Å². The van der Waals surface area contributed by atoms with Crippen LogP contribution in [0.4, 0.5) is 5.69 Å². The number of carbonyl (C=O) groups excluding carboxylic acids is 2. The summed E-state index contributed by atoms with van der Waals surface area (Å²) >= 11 is 0. The average Bonchev–Trinajstić information content (AvgIpc) is 2.51. The number of anilines is 1. The minimum Gasteiger partial charge on any atom is -0.495 e. The van der Waals surface area contributed by atoms with E-state index in [1.165, 1.54) is 39.4 Å². The molecule has 1 saturated carbocycles. The second-order valence-corrected chi connectivity index (χ2v) is 8.06. The maximum absolute atomic E-state index is 12.3. The van der Waals surface area contributed by atoms with Gasteiger partial charge in [-0.05, 0) is 31.0 Å². The molecule has 0 spiro atoms. The first-order chi connectivity index (χ1) is 11.8. The Bertz CT molecular complexity index is 756. The number of rotatable bonds is 7. The van der Waals surface area contributed by atoms with E-state index in [9.17, 15) is 18.0 Å². The standard InChI is InChI=1S/C16H22N2O6S/c1-18(2)25(21,22)14-9-12(7-8-13(14)23-3)17-15(19)10-24-16(20)11-5-4-6-11/h7-9,11H,4-6,10H2,1-3H3,(H,17,19). The van der Waals surface area contributed by atoms with E-state index < -0.39 is 22.5 Å². The molecule has 8 nitrogen and oxygen atoms in total. The third-order valence-electron chi connectivity index (χ3n) is 3.99. The molecule has 0 saturated heterocycles. The van der Waals surface area contributed by atoms with Crippen molar-refractivity contribution in [2.24, 2.45) is 5.92 Å². The molecule has 9 heteroatoms. The summed E-state index contributed by atoms with van der Waals surface area (Å²) in [4.78, 5) is 23.5. The van der Waals surface area contributed by atoms with E-state index in [0.29, 0.717) is 0 Å². The number of amides is 1. The van der Waals surface area contributed by atoms with Crippen LogP contribution in [0.1, 0.15) is 19.3 Å². The highest BCUT2D eigenvalue weighted by molar-refractivity contribution is 7.89. The van der Waals surface area contributed by atoms with E-state index in [1.807, 2.05) is 0 Å². The smallest absolute Gasteiger partial charge is 0.309 e. The molecule has 138 valence electrons. The second-order valence-electron chi connectivity index (χ2n) is 5.94. The summed E-state index contributed by atoms with van der Waals surface area (Å²) in [5, 5.41) is 2.52. The zero-order valence-electron chi connectivity index (χ0n) is 14.4. The molecular formula is C16H22N2O6S. The summed E-state index contributed by atoms with van der Waals surface area (Å²) in [6, 6.07) is 4.27. The van der Waals surface area contributed by atoms with Gasteiger partial charge in [-0.3, -0.25) is 9.59 Å². The van der Waals surface area contributed by atoms with Gasteiger partial charge in [-0.15, -0.1) is 0 Å². The second kappa shape index (κ2) is 7.83. The minimum absolute atomic E-state index is 0.0655. The summed E-state index contributed by atoms with van der Waals surface area (Å²) in [6.45, 7) is -0.406. The quantitative estimate of drug-likeness (QED) is 0.724. The van der Waals surface area contributed by atoms with Crippen LogP contribution >= 0.6 is 0 Å². The van der Waals surface area contributed by atoms with E-state index >= 15 is 0 Å². The Morgan fingerprint density at radius 2 is 1.96 bits per heavy atom. The maximum atomic E-state index is 12.3. The Labute approximate surface area is 147 Å². The molecule has 0 aromatic heterocycles. The third kappa shape index (κ3) is 4.49. The van der Waals surface area contributed by atoms with Gasteiger partial charge in [-0.2, -0.15) is 0 Å². The van der Waals surface area contributed by atoms with E-state index in [-0.39, 0.29) is 28.2 Å². The molecule has 1 aliphatic rings. The summed E-state index contributed by atoms with van der Waals surface area (Å²) in [5.41, 5.74) is 0.269. The zero-order valence-corrected chi connectivity index (χ0v) is 15.3. The summed E-state index contributed by atoms with van der Waals surface area (Å²) in [7, 11) is 0.430. The summed E-state index contributed by atoms with van der Waals surface area (Å²) in [6.07, 6.45) is 2.59.